The zero-order valence-corrected chi connectivity index (χ0v) is 12.7. The second kappa shape index (κ2) is 5.24. The van der Waals surface area contributed by atoms with E-state index in [-0.39, 0.29) is 0 Å². The van der Waals surface area contributed by atoms with Crippen molar-refractivity contribution in [3.05, 3.63) is 48.5 Å². The summed E-state index contributed by atoms with van der Waals surface area (Å²) in [5.74, 6) is 1.36. The number of nitrogens with zero attached hydrogens (tertiary/aromatic N) is 4. The first-order valence-corrected chi connectivity index (χ1v) is 7.14. The molecule has 0 N–H and O–H groups in total. The van der Waals surface area contributed by atoms with Gasteiger partial charge in [-0.1, -0.05) is 24.3 Å². The molecular formula is C17H14N4O2. The molecule has 114 valence electrons. The van der Waals surface area contributed by atoms with Gasteiger partial charge in [0.05, 0.1) is 19.7 Å². The van der Waals surface area contributed by atoms with Crippen LogP contribution >= 0.6 is 0 Å². The number of rotatable bonds is 3. The number of pyridine rings is 1. The molecule has 6 heteroatoms. The number of benzene rings is 2. The second-order valence-electron chi connectivity index (χ2n) is 5.10. The average molecular weight is 306 g/mol. The van der Waals surface area contributed by atoms with Gasteiger partial charge >= 0.3 is 0 Å². The van der Waals surface area contributed by atoms with Crippen LogP contribution < -0.4 is 9.47 Å². The molecule has 6 nitrogen and oxygen atoms in total. The fourth-order valence-corrected chi connectivity index (χ4v) is 2.76. The lowest BCUT2D eigenvalue weighted by atomic mass is 10.0. The monoisotopic (exact) mass is 306 g/mol. The molecule has 23 heavy (non-hydrogen) atoms. The van der Waals surface area contributed by atoms with E-state index in [1.807, 2.05) is 42.5 Å². The van der Waals surface area contributed by atoms with Crippen LogP contribution in [-0.4, -0.2) is 34.3 Å². The lowest BCUT2D eigenvalue weighted by molar-refractivity contribution is 0.355. The molecule has 4 rings (SSSR count). The van der Waals surface area contributed by atoms with Gasteiger partial charge in [0.15, 0.2) is 17.1 Å². The average Bonchev–Trinajstić information content (AvgIpc) is 3.10. The third kappa shape index (κ3) is 2.07. The van der Waals surface area contributed by atoms with Gasteiger partial charge in [0.2, 0.25) is 0 Å². The molecule has 0 saturated heterocycles. The highest BCUT2D eigenvalue weighted by atomic mass is 16.5. The van der Waals surface area contributed by atoms with E-state index in [0.717, 1.165) is 22.0 Å². The number of fused-ring (bicyclic) bond motifs is 3. The number of aromatic nitrogens is 4. The van der Waals surface area contributed by atoms with E-state index in [4.69, 9.17) is 9.47 Å². The molecule has 0 unspecified atom stereocenters. The van der Waals surface area contributed by atoms with E-state index in [0.29, 0.717) is 17.1 Å². The molecule has 0 radical (unpaired) electrons. The third-order valence-electron chi connectivity index (χ3n) is 3.87. The predicted octanol–water partition coefficient (Wildman–Crippen LogP) is 2.96. The minimum atomic E-state index is 0.670. The summed E-state index contributed by atoms with van der Waals surface area (Å²) >= 11 is 0. The fraction of sp³-hybridized carbons (Fsp3) is 0.118. The Hall–Kier alpha value is -3.15. The van der Waals surface area contributed by atoms with Crippen molar-refractivity contribution in [1.29, 1.82) is 0 Å². The maximum Gasteiger partial charge on any atom is 0.187 e. The molecule has 0 aliphatic rings. The third-order valence-corrected chi connectivity index (χ3v) is 3.87. The summed E-state index contributed by atoms with van der Waals surface area (Å²) in [5.41, 5.74) is 3.58. The first-order valence-electron chi connectivity index (χ1n) is 7.14. The molecule has 0 atom stereocenters. The molecule has 0 saturated carbocycles. The zero-order chi connectivity index (χ0) is 15.8. The number of hydrogen-bond acceptors (Lipinski definition) is 5. The van der Waals surface area contributed by atoms with Gasteiger partial charge in [-0.05, 0) is 40.3 Å². The first-order chi connectivity index (χ1) is 11.3. The van der Waals surface area contributed by atoms with Crippen LogP contribution in [0.3, 0.4) is 0 Å². The molecule has 0 aliphatic heterocycles. The van der Waals surface area contributed by atoms with E-state index >= 15 is 0 Å². The van der Waals surface area contributed by atoms with Crippen molar-refractivity contribution in [2.75, 3.05) is 14.2 Å². The molecule has 2 aromatic carbocycles. The van der Waals surface area contributed by atoms with Crippen LogP contribution in [0.25, 0.3) is 27.7 Å². The van der Waals surface area contributed by atoms with Crippen LogP contribution in [0.15, 0.2) is 48.5 Å². The Morgan fingerprint density at radius 3 is 2.57 bits per heavy atom. The number of methoxy groups -OCH3 is 2. The standard InChI is InChI=1S/C17H14N4O2/c1-22-15-8-7-11(10-16(15)23-2)13-9-12-5-3-4-6-14(12)21-17(13)18-19-20-21/h3-10H,1-2H3. The van der Waals surface area contributed by atoms with Gasteiger partial charge < -0.3 is 9.47 Å². The van der Waals surface area contributed by atoms with Crippen molar-refractivity contribution < 1.29 is 9.47 Å². The molecule has 0 fully saturated rings. The highest BCUT2D eigenvalue weighted by Crippen LogP contribution is 2.34. The topological polar surface area (TPSA) is 61.5 Å². The van der Waals surface area contributed by atoms with E-state index in [1.54, 1.807) is 18.7 Å². The quantitative estimate of drug-likeness (QED) is 0.582. The number of ether oxygens (including phenoxy) is 2. The van der Waals surface area contributed by atoms with Crippen molar-refractivity contribution in [2.24, 2.45) is 0 Å². The van der Waals surface area contributed by atoms with E-state index in [9.17, 15) is 0 Å². The Bertz CT molecular complexity index is 1010. The van der Waals surface area contributed by atoms with Crippen LogP contribution in [0.5, 0.6) is 11.5 Å². The molecule has 0 spiro atoms. The lowest BCUT2D eigenvalue weighted by Gasteiger charge is -2.11. The summed E-state index contributed by atoms with van der Waals surface area (Å²) in [6.07, 6.45) is 0. The van der Waals surface area contributed by atoms with Crippen LogP contribution in [0, 0.1) is 0 Å². The summed E-state index contributed by atoms with van der Waals surface area (Å²) in [5, 5.41) is 13.2. The molecule has 4 aromatic rings. The largest absolute Gasteiger partial charge is 0.493 e. The van der Waals surface area contributed by atoms with Crippen molar-refractivity contribution in [1.82, 2.24) is 20.0 Å². The predicted molar refractivity (Wildman–Crippen MR) is 86.8 cm³/mol. The maximum absolute atomic E-state index is 5.40. The highest BCUT2D eigenvalue weighted by molar-refractivity contribution is 5.91. The minimum absolute atomic E-state index is 0.670. The van der Waals surface area contributed by atoms with Crippen molar-refractivity contribution in [2.45, 2.75) is 0 Å². The summed E-state index contributed by atoms with van der Waals surface area (Å²) in [6, 6.07) is 15.9. The smallest absolute Gasteiger partial charge is 0.187 e. The summed E-state index contributed by atoms with van der Waals surface area (Å²) in [4.78, 5) is 0. The van der Waals surface area contributed by atoms with Gasteiger partial charge in [0.1, 0.15) is 0 Å². The van der Waals surface area contributed by atoms with Crippen molar-refractivity contribution >= 4 is 16.6 Å². The van der Waals surface area contributed by atoms with Gasteiger partial charge in [-0.15, -0.1) is 5.10 Å². The van der Waals surface area contributed by atoms with Gasteiger partial charge in [-0.3, -0.25) is 0 Å². The minimum Gasteiger partial charge on any atom is -0.493 e. The summed E-state index contributed by atoms with van der Waals surface area (Å²) < 4.78 is 12.4. The molecule has 0 bridgehead atoms. The number of hydrogen-bond donors (Lipinski definition) is 0. The zero-order valence-electron chi connectivity index (χ0n) is 12.7. The Kier molecular flexibility index (Phi) is 3.08. The molecule has 2 aromatic heterocycles. The van der Waals surface area contributed by atoms with Crippen LogP contribution in [0.2, 0.25) is 0 Å². The number of para-hydroxylation sites is 1. The Morgan fingerprint density at radius 1 is 0.913 bits per heavy atom. The molecule has 0 amide bonds. The van der Waals surface area contributed by atoms with Gasteiger partial charge in [0.25, 0.3) is 0 Å². The summed E-state index contributed by atoms with van der Waals surface area (Å²) in [6.45, 7) is 0. The normalized spacial score (nSPS) is 11.0. The van der Waals surface area contributed by atoms with Crippen LogP contribution in [0.4, 0.5) is 0 Å². The van der Waals surface area contributed by atoms with Crippen molar-refractivity contribution in [3.8, 4) is 22.6 Å². The number of tetrazole rings is 1. The molecule has 0 aliphatic carbocycles. The lowest BCUT2D eigenvalue weighted by Crippen LogP contribution is -1.95. The second-order valence-corrected chi connectivity index (χ2v) is 5.10. The summed E-state index contributed by atoms with van der Waals surface area (Å²) in [7, 11) is 3.24. The van der Waals surface area contributed by atoms with Crippen LogP contribution in [-0.2, 0) is 0 Å². The van der Waals surface area contributed by atoms with E-state index in [2.05, 4.69) is 21.6 Å². The Balaban J connectivity index is 2.02. The highest BCUT2D eigenvalue weighted by Gasteiger charge is 2.13. The maximum atomic E-state index is 5.40. The molecule has 2 heterocycles. The van der Waals surface area contributed by atoms with Gasteiger partial charge in [-0.25, -0.2) is 0 Å². The van der Waals surface area contributed by atoms with Gasteiger partial charge in [-0.2, -0.15) is 4.52 Å². The molecular weight excluding hydrogens is 292 g/mol. The van der Waals surface area contributed by atoms with Crippen LogP contribution in [0.1, 0.15) is 0 Å². The van der Waals surface area contributed by atoms with Crippen molar-refractivity contribution in [3.63, 3.8) is 0 Å². The first kappa shape index (κ1) is 13.5. The Labute approximate surface area is 132 Å². The van der Waals surface area contributed by atoms with E-state index < -0.39 is 0 Å². The van der Waals surface area contributed by atoms with Gasteiger partial charge in [0, 0.05) is 10.9 Å². The Morgan fingerprint density at radius 2 is 1.74 bits per heavy atom. The SMILES string of the molecule is COc1ccc(-c2cc3ccccc3n3nnnc23)cc1OC. The van der Waals surface area contributed by atoms with E-state index in [1.165, 1.54) is 0 Å². The fourth-order valence-electron chi connectivity index (χ4n) is 2.76.